The Bertz CT molecular complexity index is 648. The van der Waals surface area contributed by atoms with Gasteiger partial charge >= 0.3 is 0 Å². The van der Waals surface area contributed by atoms with Gasteiger partial charge in [-0.3, -0.25) is 9.79 Å². The van der Waals surface area contributed by atoms with E-state index in [0.29, 0.717) is 6.42 Å². The molecule has 1 rings (SSSR count). The summed E-state index contributed by atoms with van der Waals surface area (Å²) in [5, 5.41) is 6.90. The molecule has 0 spiro atoms. The van der Waals surface area contributed by atoms with Gasteiger partial charge in [0.2, 0.25) is 5.91 Å². The van der Waals surface area contributed by atoms with E-state index in [4.69, 9.17) is 4.99 Å². The van der Waals surface area contributed by atoms with E-state index in [0.717, 1.165) is 44.7 Å². The standard InChI is InChI=1S/C39H77N3O/c1-4-7-9-11-13-15-17-19-20-21-22-24-26-28-30-32-37(43)42-36-39(6-3,38-40-34-35-41-38)33-31-29-27-25-23-18-16-14-12-10-8-5-2/h4-36H2,1-3H3,(H,40,41)(H,42,43). The quantitative estimate of drug-likeness (QED) is 0.0733. The van der Waals surface area contributed by atoms with Crippen LogP contribution in [0.4, 0.5) is 0 Å². The molecule has 0 radical (unpaired) electrons. The summed E-state index contributed by atoms with van der Waals surface area (Å²) in [6.45, 7) is 9.43. The number of nitrogens with zero attached hydrogens (tertiary/aromatic N) is 1. The van der Waals surface area contributed by atoms with Gasteiger partial charge in [0.1, 0.15) is 5.84 Å². The molecule has 1 unspecified atom stereocenters. The van der Waals surface area contributed by atoms with Crippen LogP contribution in [0.2, 0.25) is 0 Å². The van der Waals surface area contributed by atoms with Gasteiger partial charge in [0.15, 0.2) is 0 Å². The number of rotatable bonds is 33. The van der Waals surface area contributed by atoms with Crippen LogP contribution in [0.1, 0.15) is 213 Å². The van der Waals surface area contributed by atoms with Gasteiger partial charge in [-0.2, -0.15) is 0 Å². The Morgan fingerprint density at radius 3 is 1.37 bits per heavy atom. The molecule has 0 aromatic carbocycles. The van der Waals surface area contributed by atoms with Crippen LogP contribution in [-0.2, 0) is 4.79 Å². The van der Waals surface area contributed by atoms with Gasteiger partial charge < -0.3 is 10.6 Å². The van der Waals surface area contributed by atoms with E-state index in [1.54, 1.807) is 0 Å². The third-order valence-corrected chi connectivity index (χ3v) is 9.99. The average molecular weight is 604 g/mol. The number of hydrogen-bond donors (Lipinski definition) is 2. The molecule has 1 amide bonds. The Morgan fingerprint density at radius 2 is 1.00 bits per heavy atom. The second-order valence-electron chi connectivity index (χ2n) is 13.9. The van der Waals surface area contributed by atoms with Crippen molar-refractivity contribution < 1.29 is 4.79 Å². The number of unbranched alkanes of at least 4 members (excludes halogenated alkanes) is 25. The Labute approximate surface area is 270 Å². The van der Waals surface area contributed by atoms with E-state index in [1.807, 2.05) is 0 Å². The minimum absolute atomic E-state index is 0.0142. The molecule has 254 valence electrons. The van der Waals surface area contributed by atoms with Gasteiger partial charge in [-0.1, -0.05) is 188 Å². The maximum atomic E-state index is 12.8. The van der Waals surface area contributed by atoms with Gasteiger partial charge in [-0.05, 0) is 19.3 Å². The molecule has 0 saturated carbocycles. The SMILES string of the molecule is CCCCCCCCCCCCCCCCCC(=O)NCC(CC)(CCCCCCCCCCCCCC)C1=NCCN1. The van der Waals surface area contributed by atoms with Crippen molar-refractivity contribution >= 4 is 11.7 Å². The van der Waals surface area contributed by atoms with Crippen LogP contribution in [-0.4, -0.2) is 31.4 Å². The van der Waals surface area contributed by atoms with Crippen LogP contribution in [0.3, 0.4) is 0 Å². The molecular formula is C39H77N3O. The van der Waals surface area contributed by atoms with E-state index in [9.17, 15) is 4.79 Å². The van der Waals surface area contributed by atoms with Crippen molar-refractivity contribution in [1.82, 2.24) is 10.6 Å². The summed E-state index contributed by atoms with van der Waals surface area (Å²) in [5.74, 6) is 1.39. The van der Waals surface area contributed by atoms with Gasteiger partial charge in [0.25, 0.3) is 0 Å². The lowest BCUT2D eigenvalue weighted by atomic mass is 9.78. The zero-order valence-corrected chi connectivity index (χ0v) is 29.7. The Hall–Kier alpha value is -1.06. The molecule has 0 aliphatic carbocycles. The first-order valence-electron chi connectivity index (χ1n) is 19.7. The van der Waals surface area contributed by atoms with E-state index >= 15 is 0 Å². The number of nitrogens with one attached hydrogen (secondary N) is 2. The fourth-order valence-electron chi connectivity index (χ4n) is 6.83. The molecule has 43 heavy (non-hydrogen) atoms. The summed E-state index contributed by atoms with van der Waals surface area (Å²) in [4.78, 5) is 17.6. The second kappa shape index (κ2) is 29.6. The monoisotopic (exact) mass is 604 g/mol. The van der Waals surface area contributed by atoms with Gasteiger partial charge in [-0.25, -0.2) is 0 Å². The Morgan fingerprint density at radius 1 is 0.605 bits per heavy atom. The molecule has 4 nitrogen and oxygen atoms in total. The highest BCUT2D eigenvalue weighted by atomic mass is 16.1. The largest absolute Gasteiger partial charge is 0.371 e. The first kappa shape index (κ1) is 40.0. The lowest BCUT2D eigenvalue weighted by Crippen LogP contribution is -2.47. The third kappa shape index (κ3) is 22.1. The number of aliphatic imine (C=N–C) groups is 1. The van der Waals surface area contributed by atoms with Crippen LogP contribution in [0.15, 0.2) is 4.99 Å². The molecule has 0 fully saturated rings. The third-order valence-electron chi connectivity index (χ3n) is 9.99. The maximum absolute atomic E-state index is 12.8. The Balaban J connectivity index is 2.11. The fourth-order valence-corrected chi connectivity index (χ4v) is 6.83. The van der Waals surface area contributed by atoms with E-state index in [2.05, 4.69) is 31.4 Å². The minimum atomic E-state index is -0.0142. The molecule has 1 heterocycles. The molecule has 0 aromatic rings. The summed E-state index contributed by atoms with van der Waals surface area (Å²) in [6, 6.07) is 0. The number of amidine groups is 1. The van der Waals surface area contributed by atoms with Crippen molar-refractivity contribution in [2.45, 2.75) is 213 Å². The van der Waals surface area contributed by atoms with Crippen molar-refractivity contribution in [1.29, 1.82) is 0 Å². The summed E-state index contributed by atoms with van der Waals surface area (Å²) >= 11 is 0. The number of carbonyl (C=O) groups excluding carboxylic acids is 1. The first-order chi connectivity index (χ1) is 21.2. The first-order valence-corrected chi connectivity index (χ1v) is 19.7. The van der Waals surface area contributed by atoms with Crippen molar-refractivity contribution in [3.05, 3.63) is 0 Å². The van der Waals surface area contributed by atoms with Gasteiger partial charge in [0.05, 0.1) is 6.54 Å². The number of carbonyl (C=O) groups is 1. The zero-order valence-electron chi connectivity index (χ0n) is 29.7. The highest BCUT2D eigenvalue weighted by Gasteiger charge is 2.35. The highest BCUT2D eigenvalue weighted by Crippen LogP contribution is 2.31. The van der Waals surface area contributed by atoms with Crippen LogP contribution >= 0.6 is 0 Å². The molecule has 1 aliphatic rings. The van der Waals surface area contributed by atoms with E-state index in [1.165, 1.54) is 167 Å². The molecule has 2 N–H and O–H groups in total. The molecule has 1 aliphatic heterocycles. The van der Waals surface area contributed by atoms with Crippen LogP contribution in [0.25, 0.3) is 0 Å². The molecule has 0 bridgehead atoms. The normalized spacial score (nSPS) is 14.4. The van der Waals surface area contributed by atoms with Crippen molar-refractivity contribution in [2.75, 3.05) is 19.6 Å². The van der Waals surface area contributed by atoms with E-state index in [-0.39, 0.29) is 11.3 Å². The minimum Gasteiger partial charge on any atom is -0.371 e. The summed E-state index contributed by atoms with van der Waals surface area (Å²) in [6.07, 6.45) is 39.8. The topological polar surface area (TPSA) is 53.5 Å². The molecule has 4 heteroatoms. The molecule has 0 saturated heterocycles. The lowest BCUT2D eigenvalue weighted by Gasteiger charge is -2.33. The average Bonchev–Trinajstić information content (AvgIpc) is 3.57. The summed E-state index contributed by atoms with van der Waals surface area (Å²) in [5.41, 5.74) is -0.0142. The van der Waals surface area contributed by atoms with Crippen molar-refractivity contribution in [2.24, 2.45) is 10.4 Å². The molecule has 0 aromatic heterocycles. The predicted molar refractivity (Wildman–Crippen MR) is 191 cm³/mol. The van der Waals surface area contributed by atoms with Crippen LogP contribution in [0.5, 0.6) is 0 Å². The lowest BCUT2D eigenvalue weighted by molar-refractivity contribution is -0.121. The zero-order chi connectivity index (χ0) is 31.1. The van der Waals surface area contributed by atoms with Crippen molar-refractivity contribution in [3.8, 4) is 0 Å². The van der Waals surface area contributed by atoms with Gasteiger partial charge in [-0.15, -0.1) is 0 Å². The predicted octanol–water partition coefficient (Wildman–Crippen LogP) is 11.9. The molecule has 1 atom stereocenters. The Kier molecular flexibility index (Phi) is 27.5. The van der Waals surface area contributed by atoms with E-state index < -0.39 is 0 Å². The maximum Gasteiger partial charge on any atom is 0.220 e. The summed E-state index contributed by atoms with van der Waals surface area (Å²) in [7, 11) is 0. The number of hydrogen-bond acceptors (Lipinski definition) is 3. The van der Waals surface area contributed by atoms with Crippen LogP contribution in [0, 0.1) is 5.41 Å². The highest BCUT2D eigenvalue weighted by molar-refractivity contribution is 5.90. The van der Waals surface area contributed by atoms with Gasteiger partial charge in [0, 0.05) is 24.9 Å². The second-order valence-corrected chi connectivity index (χ2v) is 13.9. The van der Waals surface area contributed by atoms with Crippen molar-refractivity contribution in [3.63, 3.8) is 0 Å². The number of amides is 1. The molecular weight excluding hydrogens is 526 g/mol. The smallest absolute Gasteiger partial charge is 0.220 e. The van der Waals surface area contributed by atoms with Crippen LogP contribution < -0.4 is 10.6 Å². The fraction of sp³-hybridized carbons (Fsp3) is 0.949. The summed E-state index contributed by atoms with van der Waals surface area (Å²) < 4.78 is 0.